The molecule has 0 aliphatic rings. The Bertz CT molecular complexity index is 175. The lowest BCUT2D eigenvalue weighted by Crippen LogP contribution is -1.93. The molecule has 0 saturated carbocycles. The molecule has 6 heteroatoms. The molecule has 0 bridgehead atoms. The van der Waals surface area contributed by atoms with Crippen molar-refractivity contribution in [3.63, 3.8) is 0 Å². The molecule has 0 heterocycles. The molecule has 0 fully saturated rings. The van der Waals surface area contributed by atoms with Crippen molar-refractivity contribution in [2.24, 2.45) is 0 Å². The Balaban J connectivity index is 3.97. The SMILES string of the molecule is COP(OC)O/C(C)=C\C(=O)O. The molecule has 0 spiro atoms. The lowest BCUT2D eigenvalue weighted by molar-refractivity contribution is -0.131. The van der Waals surface area contributed by atoms with Crippen molar-refractivity contribution < 1.29 is 23.5 Å². The summed E-state index contributed by atoms with van der Waals surface area (Å²) in [4.78, 5) is 10.1. The first kappa shape index (κ1) is 11.4. The van der Waals surface area contributed by atoms with Gasteiger partial charge in [-0.2, -0.15) is 0 Å². The van der Waals surface area contributed by atoms with Crippen molar-refractivity contribution in [3.8, 4) is 0 Å². The lowest BCUT2D eigenvalue weighted by Gasteiger charge is -2.11. The van der Waals surface area contributed by atoms with E-state index in [0.29, 0.717) is 0 Å². The van der Waals surface area contributed by atoms with Gasteiger partial charge in [-0.05, 0) is 6.92 Å². The number of carboxylic acids is 1. The summed E-state index contributed by atoms with van der Waals surface area (Å²) in [6.45, 7) is 1.52. The molecule has 0 aromatic carbocycles. The summed E-state index contributed by atoms with van der Waals surface area (Å²) in [5.41, 5.74) is 0. The van der Waals surface area contributed by atoms with Crippen molar-refractivity contribution in [2.75, 3.05) is 14.2 Å². The molecule has 70 valence electrons. The van der Waals surface area contributed by atoms with Gasteiger partial charge in [-0.1, -0.05) is 0 Å². The number of allylic oxidation sites excluding steroid dienone is 1. The molecule has 0 aromatic heterocycles. The number of carboxylic acid groups (broad SMARTS) is 1. The molecular formula is C6H11O5P. The zero-order valence-corrected chi connectivity index (χ0v) is 8.00. The Morgan fingerprint density at radius 2 is 1.92 bits per heavy atom. The molecule has 0 unspecified atom stereocenters. The van der Waals surface area contributed by atoms with Gasteiger partial charge in [-0.15, -0.1) is 0 Å². The normalized spacial score (nSPS) is 11.8. The van der Waals surface area contributed by atoms with E-state index >= 15 is 0 Å². The van der Waals surface area contributed by atoms with Crippen molar-refractivity contribution in [3.05, 3.63) is 11.8 Å². The molecule has 5 nitrogen and oxygen atoms in total. The second kappa shape index (κ2) is 5.94. The first-order valence-corrected chi connectivity index (χ1v) is 4.17. The third-order valence-electron chi connectivity index (χ3n) is 0.843. The van der Waals surface area contributed by atoms with Crippen LogP contribution in [0.4, 0.5) is 0 Å². The summed E-state index contributed by atoms with van der Waals surface area (Å²) in [6, 6.07) is 0. The first-order chi connectivity index (χ1) is 5.60. The standard InChI is InChI=1S/C6H11O5P/c1-5(4-6(7)8)11-12(9-2)10-3/h4H,1-3H3,(H,7,8)/b5-4-. The predicted octanol–water partition coefficient (Wildman–Crippen LogP) is 1.51. The minimum absolute atomic E-state index is 0.248. The maximum atomic E-state index is 10.1. The summed E-state index contributed by atoms with van der Waals surface area (Å²) < 4.78 is 14.4. The van der Waals surface area contributed by atoms with Crippen molar-refractivity contribution in [1.82, 2.24) is 0 Å². The average Bonchev–Trinajstić information content (AvgIpc) is 1.98. The van der Waals surface area contributed by atoms with Gasteiger partial charge in [-0.3, -0.25) is 0 Å². The Hall–Kier alpha value is -0.640. The van der Waals surface area contributed by atoms with Crippen LogP contribution in [0.5, 0.6) is 0 Å². The topological polar surface area (TPSA) is 65.0 Å². The fraction of sp³-hybridized carbons (Fsp3) is 0.500. The molecule has 0 aliphatic carbocycles. The van der Waals surface area contributed by atoms with Crippen LogP contribution in [0.3, 0.4) is 0 Å². The number of hydrogen-bond donors (Lipinski definition) is 1. The van der Waals surface area contributed by atoms with Crippen LogP contribution in [0, 0.1) is 0 Å². The van der Waals surface area contributed by atoms with E-state index in [1.807, 2.05) is 0 Å². The largest absolute Gasteiger partial charge is 0.478 e. The molecule has 0 aliphatic heterocycles. The molecule has 0 saturated heterocycles. The van der Waals surface area contributed by atoms with Gasteiger partial charge >= 0.3 is 14.6 Å². The second-order valence-corrected chi connectivity index (χ2v) is 3.13. The van der Waals surface area contributed by atoms with Gasteiger partial charge in [0.05, 0.1) is 6.08 Å². The van der Waals surface area contributed by atoms with Gasteiger partial charge in [0.2, 0.25) is 0 Å². The van der Waals surface area contributed by atoms with Crippen LogP contribution in [0.15, 0.2) is 11.8 Å². The minimum Gasteiger partial charge on any atom is -0.478 e. The van der Waals surface area contributed by atoms with E-state index < -0.39 is 14.6 Å². The van der Waals surface area contributed by atoms with Crippen LogP contribution >= 0.6 is 8.60 Å². The van der Waals surface area contributed by atoms with Crippen LogP contribution in [-0.4, -0.2) is 25.3 Å². The quantitative estimate of drug-likeness (QED) is 0.408. The van der Waals surface area contributed by atoms with Crippen LogP contribution in [0.25, 0.3) is 0 Å². The van der Waals surface area contributed by atoms with Crippen molar-refractivity contribution in [1.29, 1.82) is 0 Å². The maximum Gasteiger partial charge on any atom is 0.396 e. The fourth-order valence-corrected chi connectivity index (χ4v) is 1.05. The third kappa shape index (κ3) is 5.07. The first-order valence-electron chi connectivity index (χ1n) is 3.07. The van der Waals surface area contributed by atoms with Gasteiger partial charge < -0.3 is 18.7 Å². The molecule has 0 aromatic rings. The van der Waals surface area contributed by atoms with Gasteiger partial charge in [-0.25, -0.2) is 4.79 Å². The Morgan fingerprint density at radius 3 is 2.25 bits per heavy atom. The van der Waals surface area contributed by atoms with Gasteiger partial charge in [0, 0.05) is 14.2 Å². The van der Waals surface area contributed by atoms with E-state index in [1.165, 1.54) is 21.1 Å². The molecule has 0 radical (unpaired) electrons. The molecule has 1 N–H and O–H groups in total. The zero-order valence-electron chi connectivity index (χ0n) is 7.10. The number of rotatable bonds is 5. The lowest BCUT2D eigenvalue weighted by atomic mass is 10.5. The van der Waals surface area contributed by atoms with E-state index in [-0.39, 0.29) is 5.76 Å². The number of hydrogen-bond acceptors (Lipinski definition) is 4. The Kier molecular flexibility index (Phi) is 5.62. The smallest absolute Gasteiger partial charge is 0.396 e. The average molecular weight is 194 g/mol. The predicted molar refractivity (Wildman–Crippen MR) is 43.4 cm³/mol. The molecule has 0 amide bonds. The van der Waals surface area contributed by atoms with Crippen molar-refractivity contribution in [2.45, 2.75) is 6.92 Å². The molecule has 12 heavy (non-hydrogen) atoms. The number of carbonyl (C=O) groups is 1. The van der Waals surface area contributed by atoms with Crippen molar-refractivity contribution >= 4 is 14.6 Å². The van der Waals surface area contributed by atoms with Gasteiger partial charge in [0.15, 0.2) is 0 Å². The Labute approximate surface area is 71.9 Å². The zero-order chi connectivity index (χ0) is 9.56. The minimum atomic E-state index is -1.46. The monoisotopic (exact) mass is 194 g/mol. The van der Waals surface area contributed by atoms with E-state index in [9.17, 15) is 4.79 Å². The van der Waals surface area contributed by atoms with E-state index in [4.69, 9.17) is 18.7 Å². The number of aliphatic carboxylic acids is 1. The van der Waals surface area contributed by atoms with Crippen LogP contribution in [0.1, 0.15) is 6.92 Å². The molecule has 0 rings (SSSR count). The Morgan fingerprint density at radius 1 is 1.42 bits per heavy atom. The maximum absolute atomic E-state index is 10.1. The second-order valence-electron chi connectivity index (χ2n) is 1.77. The van der Waals surface area contributed by atoms with Crippen LogP contribution < -0.4 is 0 Å². The molecular weight excluding hydrogens is 183 g/mol. The fourth-order valence-electron chi connectivity index (χ4n) is 0.467. The molecule has 0 atom stereocenters. The summed E-state index contributed by atoms with van der Waals surface area (Å²) in [5, 5.41) is 8.31. The highest BCUT2D eigenvalue weighted by molar-refractivity contribution is 7.41. The van der Waals surface area contributed by atoms with E-state index in [2.05, 4.69) is 0 Å². The summed E-state index contributed by atoms with van der Waals surface area (Å²) >= 11 is 0. The highest BCUT2D eigenvalue weighted by Crippen LogP contribution is 2.39. The highest BCUT2D eigenvalue weighted by Gasteiger charge is 2.09. The third-order valence-corrected chi connectivity index (χ3v) is 1.88. The van der Waals surface area contributed by atoms with E-state index in [1.54, 1.807) is 0 Å². The van der Waals surface area contributed by atoms with Gasteiger partial charge in [0.1, 0.15) is 5.76 Å². The highest BCUT2D eigenvalue weighted by atomic mass is 31.2. The summed E-state index contributed by atoms with van der Waals surface area (Å²) in [7, 11) is 1.38. The van der Waals surface area contributed by atoms with Crippen LogP contribution in [-0.2, 0) is 18.4 Å². The summed E-state index contributed by atoms with van der Waals surface area (Å²) in [6.07, 6.45) is 0.938. The van der Waals surface area contributed by atoms with Gasteiger partial charge in [0.25, 0.3) is 0 Å². The van der Waals surface area contributed by atoms with E-state index in [0.717, 1.165) is 6.08 Å². The summed E-state index contributed by atoms with van der Waals surface area (Å²) in [5.74, 6) is -0.813. The van der Waals surface area contributed by atoms with Crippen LogP contribution in [0.2, 0.25) is 0 Å².